The number of amides is 1. The van der Waals surface area contributed by atoms with Gasteiger partial charge in [-0.2, -0.15) is 0 Å². The second-order valence-corrected chi connectivity index (χ2v) is 7.77. The number of primary amides is 1. The lowest BCUT2D eigenvalue weighted by Gasteiger charge is -2.30. The second-order valence-electron chi connectivity index (χ2n) is 7.77. The highest BCUT2D eigenvalue weighted by Gasteiger charge is 2.24. The zero-order chi connectivity index (χ0) is 22.0. The molecule has 1 fully saturated rings. The maximum atomic E-state index is 14.7. The molecule has 1 saturated carbocycles. The van der Waals surface area contributed by atoms with E-state index in [1.165, 1.54) is 0 Å². The summed E-state index contributed by atoms with van der Waals surface area (Å²) < 4.78 is 19.9. The van der Waals surface area contributed by atoms with Crippen LogP contribution in [0.2, 0.25) is 0 Å². The van der Waals surface area contributed by atoms with Gasteiger partial charge in [-0.05, 0) is 38.0 Å². The molecule has 0 spiro atoms. The Morgan fingerprint density at radius 3 is 2.77 bits per heavy atom. The SMILES string of the molecule is Cc1ncc(Nc2nc(NC3CCCCC3N)c(F)cc2C(N)=O)cc1-c1ccoc1. The van der Waals surface area contributed by atoms with Gasteiger partial charge >= 0.3 is 0 Å². The molecule has 8 nitrogen and oxygen atoms in total. The van der Waals surface area contributed by atoms with Crippen molar-refractivity contribution in [3.8, 4) is 11.1 Å². The second kappa shape index (κ2) is 8.73. The van der Waals surface area contributed by atoms with Crippen LogP contribution >= 0.6 is 0 Å². The van der Waals surface area contributed by atoms with Gasteiger partial charge in [0.1, 0.15) is 5.82 Å². The number of hydrogen-bond donors (Lipinski definition) is 4. The fourth-order valence-electron chi connectivity index (χ4n) is 3.84. The van der Waals surface area contributed by atoms with Crippen LogP contribution in [0.1, 0.15) is 41.7 Å². The van der Waals surface area contributed by atoms with Gasteiger partial charge in [-0.25, -0.2) is 9.37 Å². The Labute approximate surface area is 179 Å². The largest absolute Gasteiger partial charge is 0.472 e. The molecule has 1 aliphatic rings. The molecule has 3 aromatic rings. The number of halogens is 1. The van der Waals surface area contributed by atoms with E-state index >= 15 is 0 Å². The quantitative estimate of drug-likeness (QED) is 0.474. The molecule has 2 unspecified atom stereocenters. The lowest BCUT2D eigenvalue weighted by atomic mass is 9.91. The third-order valence-corrected chi connectivity index (χ3v) is 5.56. The van der Waals surface area contributed by atoms with E-state index in [0.717, 1.165) is 48.6 Å². The van der Waals surface area contributed by atoms with Crippen LogP contribution in [0.15, 0.2) is 41.3 Å². The summed E-state index contributed by atoms with van der Waals surface area (Å²) in [5.74, 6) is -1.27. The molecule has 9 heteroatoms. The molecule has 0 aromatic carbocycles. The van der Waals surface area contributed by atoms with Gasteiger partial charge in [-0.15, -0.1) is 0 Å². The normalized spacial score (nSPS) is 18.5. The molecule has 3 heterocycles. The number of anilines is 3. The van der Waals surface area contributed by atoms with Crippen molar-refractivity contribution in [2.45, 2.75) is 44.7 Å². The van der Waals surface area contributed by atoms with Crippen molar-refractivity contribution in [1.82, 2.24) is 9.97 Å². The van der Waals surface area contributed by atoms with Crippen molar-refractivity contribution in [3.63, 3.8) is 0 Å². The van der Waals surface area contributed by atoms with Crippen molar-refractivity contribution in [2.24, 2.45) is 11.5 Å². The third kappa shape index (κ3) is 4.51. The first-order valence-corrected chi connectivity index (χ1v) is 10.2. The van der Waals surface area contributed by atoms with Gasteiger partial charge in [-0.1, -0.05) is 12.8 Å². The third-order valence-electron chi connectivity index (χ3n) is 5.56. The number of pyridine rings is 2. The molecule has 162 valence electrons. The minimum Gasteiger partial charge on any atom is -0.472 e. The monoisotopic (exact) mass is 424 g/mol. The minimum atomic E-state index is -0.787. The minimum absolute atomic E-state index is 0.0324. The van der Waals surface area contributed by atoms with Gasteiger partial charge in [0.05, 0.1) is 30.0 Å². The molecule has 1 amide bonds. The molecule has 0 radical (unpaired) electrons. The van der Waals surface area contributed by atoms with Gasteiger partial charge in [0.15, 0.2) is 11.6 Å². The first kappa shape index (κ1) is 20.8. The predicted molar refractivity (Wildman–Crippen MR) is 117 cm³/mol. The summed E-state index contributed by atoms with van der Waals surface area (Å²) in [6.45, 7) is 1.88. The number of aromatic nitrogens is 2. The number of furan rings is 1. The molecule has 4 rings (SSSR count). The van der Waals surface area contributed by atoms with E-state index in [9.17, 15) is 9.18 Å². The Bertz CT molecular complexity index is 1090. The molecule has 31 heavy (non-hydrogen) atoms. The van der Waals surface area contributed by atoms with Crippen LogP contribution in [0.3, 0.4) is 0 Å². The molecular formula is C22H25FN6O2. The average Bonchev–Trinajstić information content (AvgIpc) is 3.27. The molecule has 0 bridgehead atoms. The fraction of sp³-hybridized carbons (Fsp3) is 0.318. The Kier molecular flexibility index (Phi) is 5.85. The zero-order valence-corrected chi connectivity index (χ0v) is 17.2. The van der Waals surface area contributed by atoms with E-state index in [0.29, 0.717) is 5.69 Å². The lowest BCUT2D eigenvalue weighted by molar-refractivity contribution is 0.100. The molecule has 0 aliphatic heterocycles. The van der Waals surface area contributed by atoms with Crippen LogP contribution in [0.5, 0.6) is 0 Å². The highest BCUT2D eigenvalue weighted by Crippen LogP contribution is 2.29. The molecular weight excluding hydrogens is 399 g/mol. The molecule has 1 aliphatic carbocycles. The maximum Gasteiger partial charge on any atom is 0.252 e. The summed E-state index contributed by atoms with van der Waals surface area (Å²) in [4.78, 5) is 20.7. The van der Waals surface area contributed by atoms with Crippen LogP contribution in [0, 0.1) is 12.7 Å². The number of rotatable bonds is 6. The maximum absolute atomic E-state index is 14.7. The predicted octanol–water partition coefficient (Wildman–Crippen LogP) is 3.71. The van der Waals surface area contributed by atoms with E-state index in [1.807, 2.05) is 19.1 Å². The molecule has 6 N–H and O–H groups in total. The fourth-order valence-corrected chi connectivity index (χ4v) is 3.84. The van der Waals surface area contributed by atoms with Crippen LogP contribution in [-0.2, 0) is 0 Å². The van der Waals surface area contributed by atoms with Gasteiger partial charge in [0.25, 0.3) is 5.91 Å². The zero-order valence-electron chi connectivity index (χ0n) is 17.2. The number of hydrogen-bond acceptors (Lipinski definition) is 7. The first-order chi connectivity index (χ1) is 14.9. The van der Waals surface area contributed by atoms with E-state index < -0.39 is 11.7 Å². The Hall–Kier alpha value is -3.46. The summed E-state index contributed by atoms with van der Waals surface area (Å²) >= 11 is 0. The van der Waals surface area contributed by atoms with Crippen molar-refractivity contribution in [3.05, 3.63) is 54.0 Å². The topological polar surface area (TPSA) is 132 Å². The van der Waals surface area contributed by atoms with Crippen molar-refractivity contribution in [2.75, 3.05) is 10.6 Å². The number of nitrogens with two attached hydrogens (primary N) is 2. The molecule has 2 atom stereocenters. The van der Waals surface area contributed by atoms with Gasteiger partial charge in [0, 0.05) is 28.9 Å². The number of nitrogens with one attached hydrogen (secondary N) is 2. The summed E-state index contributed by atoms with van der Waals surface area (Å²) in [5, 5.41) is 6.16. The van der Waals surface area contributed by atoms with Crippen LogP contribution < -0.4 is 22.1 Å². The van der Waals surface area contributed by atoms with E-state index in [4.69, 9.17) is 15.9 Å². The lowest BCUT2D eigenvalue weighted by Crippen LogP contribution is -2.43. The molecule has 3 aromatic heterocycles. The summed E-state index contributed by atoms with van der Waals surface area (Å²) in [6, 6.07) is 4.60. The molecule has 0 saturated heterocycles. The summed E-state index contributed by atoms with van der Waals surface area (Å²) in [6.07, 6.45) is 8.59. The Balaban J connectivity index is 1.67. The number of nitrogens with zero attached hydrogens (tertiary/aromatic N) is 2. The number of carbonyl (C=O) groups excluding carboxylic acids is 1. The van der Waals surface area contributed by atoms with E-state index in [2.05, 4.69) is 20.6 Å². The van der Waals surface area contributed by atoms with E-state index in [1.54, 1.807) is 18.7 Å². The Morgan fingerprint density at radius 1 is 1.26 bits per heavy atom. The van der Waals surface area contributed by atoms with Gasteiger partial charge in [0.2, 0.25) is 0 Å². The number of aryl methyl sites for hydroxylation is 1. The standard InChI is InChI=1S/C22H25FN6O2/c1-12-15(13-6-7-31-11-13)8-14(10-26-12)27-21-16(20(25)30)9-17(23)22(29-21)28-19-5-3-2-4-18(19)24/h6-11,18-19H,2-5,24H2,1H3,(H2,25,30)(H2,27,28,29). The highest BCUT2D eigenvalue weighted by molar-refractivity contribution is 5.98. The summed E-state index contributed by atoms with van der Waals surface area (Å²) in [5.41, 5.74) is 14.7. The Morgan fingerprint density at radius 2 is 2.06 bits per heavy atom. The number of carbonyl (C=O) groups is 1. The van der Waals surface area contributed by atoms with Crippen LogP contribution in [-0.4, -0.2) is 28.0 Å². The first-order valence-electron chi connectivity index (χ1n) is 10.2. The van der Waals surface area contributed by atoms with Crippen molar-refractivity contribution < 1.29 is 13.6 Å². The van der Waals surface area contributed by atoms with Crippen molar-refractivity contribution >= 4 is 23.2 Å². The smallest absolute Gasteiger partial charge is 0.252 e. The van der Waals surface area contributed by atoms with Crippen molar-refractivity contribution in [1.29, 1.82) is 0 Å². The van der Waals surface area contributed by atoms with Crippen LogP contribution in [0.4, 0.5) is 21.7 Å². The average molecular weight is 424 g/mol. The van der Waals surface area contributed by atoms with Crippen LogP contribution in [0.25, 0.3) is 11.1 Å². The summed E-state index contributed by atoms with van der Waals surface area (Å²) in [7, 11) is 0. The van der Waals surface area contributed by atoms with Gasteiger partial charge in [-0.3, -0.25) is 9.78 Å². The van der Waals surface area contributed by atoms with E-state index in [-0.39, 0.29) is 29.3 Å². The van der Waals surface area contributed by atoms with Gasteiger partial charge < -0.3 is 26.5 Å². The highest BCUT2D eigenvalue weighted by atomic mass is 19.1.